The third kappa shape index (κ3) is 2.28. The third-order valence-electron chi connectivity index (χ3n) is 2.79. The molecular formula is C15H11N3O. The van der Waals surface area contributed by atoms with E-state index in [9.17, 15) is 4.79 Å². The van der Waals surface area contributed by atoms with Gasteiger partial charge >= 0.3 is 0 Å². The van der Waals surface area contributed by atoms with Crippen molar-refractivity contribution in [1.82, 2.24) is 4.98 Å². The molecule has 0 N–H and O–H groups in total. The minimum absolute atomic E-state index is 0.130. The number of aromatic nitrogens is 1. The molecule has 0 spiro atoms. The van der Waals surface area contributed by atoms with Crippen LogP contribution in [0.25, 0.3) is 6.08 Å². The van der Waals surface area contributed by atoms with E-state index in [1.165, 1.54) is 11.2 Å². The first-order chi connectivity index (χ1) is 9.34. The molecule has 0 aliphatic carbocycles. The first-order valence-corrected chi connectivity index (χ1v) is 5.89. The number of aliphatic imine (C=N–C) groups is 1. The fourth-order valence-corrected chi connectivity index (χ4v) is 1.85. The zero-order chi connectivity index (χ0) is 13.1. The normalized spacial score (nSPS) is 16.3. The number of benzene rings is 1. The molecule has 0 bridgehead atoms. The van der Waals surface area contributed by atoms with Gasteiger partial charge in [-0.05, 0) is 23.8 Å². The van der Waals surface area contributed by atoms with Gasteiger partial charge in [0.05, 0.1) is 5.69 Å². The third-order valence-corrected chi connectivity index (χ3v) is 2.79. The van der Waals surface area contributed by atoms with E-state index in [4.69, 9.17) is 0 Å². The summed E-state index contributed by atoms with van der Waals surface area (Å²) < 4.78 is 0. The Kier molecular flexibility index (Phi) is 2.90. The highest BCUT2D eigenvalue weighted by Gasteiger charge is 2.23. The van der Waals surface area contributed by atoms with Gasteiger partial charge in [0.1, 0.15) is 12.0 Å². The average Bonchev–Trinajstić information content (AvgIpc) is 2.82. The fourth-order valence-electron chi connectivity index (χ4n) is 1.85. The maximum atomic E-state index is 12.2. The Morgan fingerprint density at radius 1 is 1.00 bits per heavy atom. The quantitative estimate of drug-likeness (QED) is 0.768. The van der Waals surface area contributed by atoms with E-state index >= 15 is 0 Å². The summed E-state index contributed by atoms with van der Waals surface area (Å²) in [5.41, 5.74) is 2.16. The van der Waals surface area contributed by atoms with Crippen LogP contribution >= 0.6 is 0 Å². The number of carbonyl (C=O) groups is 1. The van der Waals surface area contributed by atoms with Crippen LogP contribution in [0.5, 0.6) is 0 Å². The first kappa shape index (κ1) is 11.3. The van der Waals surface area contributed by atoms with Gasteiger partial charge in [-0.3, -0.25) is 14.7 Å². The summed E-state index contributed by atoms with van der Waals surface area (Å²) in [6.45, 7) is 0. The molecule has 1 aliphatic heterocycles. The molecule has 19 heavy (non-hydrogen) atoms. The Morgan fingerprint density at radius 3 is 2.47 bits per heavy atom. The molecule has 0 saturated heterocycles. The second kappa shape index (κ2) is 4.86. The van der Waals surface area contributed by atoms with E-state index < -0.39 is 0 Å². The van der Waals surface area contributed by atoms with E-state index in [0.29, 0.717) is 5.70 Å². The molecule has 1 aliphatic rings. The molecule has 2 heterocycles. The van der Waals surface area contributed by atoms with Crippen LogP contribution in [0.2, 0.25) is 0 Å². The van der Waals surface area contributed by atoms with Gasteiger partial charge < -0.3 is 0 Å². The van der Waals surface area contributed by atoms with E-state index in [1.54, 1.807) is 30.6 Å². The number of amides is 1. The molecule has 4 nitrogen and oxygen atoms in total. The van der Waals surface area contributed by atoms with Gasteiger partial charge in [0.2, 0.25) is 0 Å². The van der Waals surface area contributed by atoms with Crippen LogP contribution in [-0.2, 0) is 4.79 Å². The first-order valence-electron chi connectivity index (χ1n) is 5.89. The lowest BCUT2D eigenvalue weighted by Gasteiger charge is -2.10. The summed E-state index contributed by atoms with van der Waals surface area (Å²) in [5, 5.41) is 0. The highest BCUT2D eigenvalue weighted by Crippen LogP contribution is 2.20. The molecule has 0 saturated carbocycles. The summed E-state index contributed by atoms with van der Waals surface area (Å²) in [5.74, 6) is -0.130. The molecule has 1 aromatic heterocycles. The summed E-state index contributed by atoms with van der Waals surface area (Å²) in [6.07, 6.45) is 6.61. The van der Waals surface area contributed by atoms with Gasteiger partial charge in [-0.15, -0.1) is 0 Å². The molecule has 0 radical (unpaired) electrons. The Balaban J connectivity index is 1.88. The fraction of sp³-hybridized carbons (Fsp3) is 0. The summed E-state index contributed by atoms with van der Waals surface area (Å²) in [4.78, 5) is 21.8. The van der Waals surface area contributed by atoms with Crippen molar-refractivity contribution in [2.75, 3.05) is 4.90 Å². The van der Waals surface area contributed by atoms with Crippen molar-refractivity contribution >= 4 is 24.0 Å². The molecular weight excluding hydrogens is 238 g/mol. The number of pyridine rings is 1. The molecule has 1 amide bonds. The van der Waals surface area contributed by atoms with E-state index in [-0.39, 0.29) is 5.91 Å². The van der Waals surface area contributed by atoms with Crippen molar-refractivity contribution < 1.29 is 4.79 Å². The predicted octanol–water partition coefficient (Wildman–Crippen LogP) is 2.50. The van der Waals surface area contributed by atoms with E-state index in [1.807, 2.05) is 30.3 Å². The number of hydrogen-bond donors (Lipinski definition) is 0. The van der Waals surface area contributed by atoms with Crippen LogP contribution in [0.15, 0.2) is 65.5 Å². The largest absolute Gasteiger partial charge is 0.282 e. The monoisotopic (exact) mass is 249 g/mol. The Morgan fingerprint density at radius 2 is 1.74 bits per heavy atom. The van der Waals surface area contributed by atoms with Crippen LogP contribution in [0.1, 0.15) is 5.56 Å². The lowest BCUT2D eigenvalue weighted by atomic mass is 10.2. The van der Waals surface area contributed by atoms with Crippen LogP contribution in [0.3, 0.4) is 0 Å². The molecule has 4 heteroatoms. The van der Waals surface area contributed by atoms with Gasteiger partial charge in [-0.25, -0.2) is 4.99 Å². The summed E-state index contributed by atoms with van der Waals surface area (Å²) >= 11 is 0. The summed E-state index contributed by atoms with van der Waals surface area (Å²) in [6, 6.07) is 13.2. The van der Waals surface area contributed by atoms with Crippen LogP contribution < -0.4 is 4.90 Å². The van der Waals surface area contributed by atoms with E-state index in [2.05, 4.69) is 9.98 Å². The van der Waals surface area contributed by atoms with Crippen molar-refractivity contribution in [2.45, 2.75) is 0 Å². The molecule has 2 aromatic rings. The Hall–Kier alpha value is -2.75. The summed E-state index contributed by atoms with van der Waals surface area (Å²) in [7, 11) is 0. The molecule has 0 atom stereocenters. The average molecular weight is 249 g/mol. The Labute approximate surface area is 110 Å². The maximum absolute atomic E-state index is 12.2. The van der Waals surface area contributed by atoms with Crippen molar-refractivity contribution in [1.29, 1.82) is 0 Å². The standard InChI is InChI=1S/C15H11N3O/c19-15-14(10-12-4-2-1-3-5-12)17-11-18(15)13-6-8-16-9-7-13/h1-11H/b14-10-. The van der Waals surface area contributed by atoms with Crippen molar-refractivity contribution in [3.05, 3.63) is 66.1 Å². The Bertz CT molecular complexity index is 648. The molecule has 3 rings (SSSR count). The van der Waals surface area contributed by atoms with Crippen molar-refractivity contribution in [2.24, 2.45) is 4.99 Å². The van der Waals surface area contributed by atoms with E-state index in [0.717, 1.165) is 11.3 Å². The lowest BCUT2D eigenvalue weighted by molar-refractivity contribution is -0.113. The van der Waals surface area contributed by atoms with Crippen molar-refractivity contribution in [3.63, 3.8) is 0 Å². The maximum Gasteiger partial charge on any atom is 0.282 e. The number of carbonyl (C=O) groups excluding carboxylic acids is 1. The molecule has 92 valence electrons. The van der Waals surface area contributed by atoms with Gasteiger partial charge in [0.15, 0.2) is 0 Å². The number of hydrogen-bond acceptors (Lipinski definition) is 3. The minimum Gasteiger partial charge on any atom is -0.266 e. The molecule has 0 unspecified atom stereocenters. The predicted molar refractivity (Wildman–Crippen MR) is 74.6 cm³/mol. The second-order valence-corrected chi connectivity index (χ2v) is 4.07. The minimum atomic E-state index is -0.130. The van der Waals surface area contributed by atoms with Gasteiger partial charge in [-0.2, -0.15) is 0 Å². The van der Waals surface area contributed by atoms with Crippen molar-refractivity contribution in [3.8, 4) is 0 Å². The zero-order valence-electron chi connectivity index (χ0n) is 10.1. The highest BCUT2D eigenvalue weighted by molar-refractivity contribution is 6.22. The SMILES string of the molecule is O=C1/C(=C/c2ccccc2)N=CN1c1ccncc1. The zero-order valence-corrected chi connectivity index (χ0v) is 10.1. The second-order valence-electron chi connectivity index (χ2n) is 4.07. The molecule has 0 fully saturated rings. The van der Waals surface area contributed by atoms with Crippen LogP contribution in [-0.4, -0.2) is 17.2 Å². The van der Waals surface area contributed by atoms with Crippen LogP contribution in [0, 0.1) is 0 Å². The highest BCUT2D eigenvalue weighted by atomic mass is 16.2. The van der Waals surface area contributed by atoms with Crippen LogP contribution in [0.4, 0.5) is 5.69 Å². The lowest BCUT2D eigenvalue weighted by Crippen LogP contribution is -2.24. The van der Waals surface area contributed by atoms with Gasteiger partial charge in [-0.1, -0.05) is 30.3 Å². The topological polar surface area (TPSA) is 45.6 Å². The smallest absolute Gasteiger partial charge is 0.266 e. The van der Waals surface area contributed by atoms with Gasteiger partial charge in [0.25, 0.3) is 5.91 Å². The molecule has 1 aromatic carbocycles. The van der Waals surface area contributed by atoms with Gasteiger partial charge in [0, 0.05) is 12.4 Å². The number of nitrogens with zero attached hydrogens (tertiary/aromatic N) is 3. The number of rotatable bonds is 2. The number of anilines is 1.